The predicted octanol–water partition coefficient (Wildman–Crippen LogP) is 3.96. The predicted molar refractivity (Wildman–Crippen MR) is 91.5 cm³/mol. The number of halogens is 2. The zero-order valence-corrected chi connectivity index (χ0v) is 15.3. The van der Waals surface area contributed by atoms with E-state index in [1.165, 1.54) is 12.8 Å². The Kier molecular flexibility index (Phi) is 4.71. The second kappa shape index (κ2) is 6.39. The van der Waals surface area contributed by atoms with Crippen LogP contribution in [0.2, 0.25) is 0 Å². The number of amides is 1. The molecule has 3 nitrogen and oxygen atoms in total. The zero-order chi connectivity index (χ0) is 15.0. The molecule has 2 aliphatic heterocycles. The van der Waals surface area contributed by atoms with Gasteiger partial charge < -0.3 is 10.2 Å². The first-order valence-electron chi connectivity index (χ1n) is 7.60. The first-order chi connectivity index (χ1) is 10.1. The van der Waals surface area contributed by atoms with Crippen LogP contribution in [0.4, 0.5) is 0 Å². The molecule has 114 valence electrons. The molecule has 2 fully saturated rings. The van der Waals surface area contributed by atoms with E-state index in [4.69, 9.17) is 0 Å². The first-order valence-corrected chi connectivity index (χ1v) is 9.18. The molecule has 2 aliphatic rings. The van der Waals surface area contributed by atoms with Crippen LogP contribution in [0.3, 0.4) is 0 Å². The van der Waals surface area contributed by atoms with Crippen LogP contribution in [-0.2, 0) is 0 Å². The van der Waals surface area contributed by atoms with E-state index in [0.717, 1.165) is 33.9 Å². The van der Waals surface area contributed by atoms with Crippen molar-refractivity contribution in [3.63, 3.8) is 0 Å². The summed E-state index contributed by atoms with van der Waals surface area (Å²) >= 11 is 6.93. The number of nitrogens with zero attached hydrogens (tertiary/aromatic N) is 1. The fourth-order valence-corrected chi connectivity index (χ4v) is 4.99. The van der Waals surface area contributed by atoms with Gasteiger partial charge in [0.15, 0.2) is 0 Å². The minimum absolute atomic E-state index is 0.144. The van der Waals surface area contributed by atoms with E-state index >= 15 is 0 Å². The molecule has 2 saturated heterocycles. The van der Waals surface area contributed by atoms with Crippen molar-refractivity contribution in [3.05, 3.63) is 32.7 Å². The Morgan fingerprint density at radius 2 is 1.76 bits per heavy atom. The Labute approximate surface area is 142 Å². The number of rotatable bonds is 3. The van der Waals surface area contributed by atoms with Crippen LogP contribution in [0.1, 0.15) is 43.0 Å². The van der Waals surface area contributed by atoms with E-state index in [1.54, 1.807) is 0 Å². The van der Waals surface area contributed by atoms with Crippen LogP contribution < -0.4 is 5.32 Å². The SMILES string of the molecule is CCN(C(=O)c1cc(Br)cc(Br)c1)C1CC2CCC(C1)N2. The smallest absolute Gasteiger partial charge is 0.254 e. The van der Waals surface area contributed by atoms with E-state index < -0.39 is 0 Å². The normalized spacial score (nSPS) is 27.7. The lowest BCUT2D eigenvalue weighted by Crippen LogP contribution is -2.50. The minimum Gasteiger partial charge on any atom is -0.336 e. The highest BCUT2D eigenvalue weighted by atomic mass is 79.9. The summed E-state index contributed by atoms with van der Waals surface area (Å²) in [7, 11) is 0. The Morgan fingerprint density at radius 3 is 2.29 bits per heavy atom. The van der Waals surface area contributed by atoms with Crippen LogP contribution in [0.25, 0.3) is 0 Å². The Balaban J connectivity index is 1.80. The average Bonchev–Trinajstić information content (AvgIpc) is 2.77. The third-order valence-electron chi connectivity index (χ3n) is 4.60. The number of fused-ring (bicyclic) bond motifs is 2. The number of piperidine rings is 1. The molecular formula is C16H20Br2N2O. The zero-order valence-electron chi connectivity index (χ0n) is 12.1. The van der Waals surface area contributed by atoms with Crippen molar-refractivity contribution in [3.8, 4) is 0 Å². The van der Waals surface area contributed by atoms with E-state index in [2.05, 4.69) is 49.0 Å². The van der Waals surface area contributed by atoms with Gasteiger partial charge in [0, 0.05) is 39.2 Å². The second-order valence-electron chi connectivity index (χ2n) is 6.01. The van der Waals surface area contributed by atoms with Crippen LogP contribution >= 0.6 is 31.9 Å². The summed E-state index contributed by atoms with van der Waals surface area (Å²) in [6.45, 7) is 2.85. The van der Waals surface area contributed by atoms with Crippen LogP contribution in [-0.4, -0.2) is 35.5 Å². The molecule has 2 bridgehead atoms. The van der Waals surface area contributed by atoms with Gasteiger partial charge in [-0.25, -0.2) is 0 Å². The molecule has 2 heterocycles. The van der Waals surface area contributed by atoms with Gasteiger partial charge >= 0.3 is 0 Å². The van der Waals surface area contributed by atoms with Gasteiger partial charge in [0.25, 0.3) is 5.91 Å². The summed E-state index contributed by atoms with van der Waals surface area (Å²) in [5, 5.41) is 3.64. The summed E-state index contributed by atoms with van der Waals surface area (Å²) in [5.74, 6) is 0.144. The minimum atomic E-state index is 0.144. The van der Waals surface area contributed by atoms with Crippen molar-refractivity contribution in [1.29, 1.82) is 0 Å². The van der Waals surface area contributed by atoms with Gasteiger partial charge in [-0.3, -0.25) is 4.79 Å². The van der Waals surface area contributed by atoms with Crippen molar-refractivity contribution in [2.75, 3.05) is 6.54 Å². The van der Waals surface area contributed by atoms with Gasteiger partial charge in [-0.05, 0) is 50.8 Å². The second-order valence-corrected chi connectivity index (χ2v) is 7.84. The molecule has 3 rings (SSSR count). The van der Waals surface area contributed by atoms with Gasteiger partial charge in [-0.15, -0.1) is 0 Å². The number of benzene rings is 1. The van der Waals surface area contributed by atoms with E-state index in [0.29, 0.717) is 18.1 Å². The maximum absolute atomic E-state index is 12.9. The van der Waals surface area contributed by atoms with Crippen molar-refractivity contribution >= 4 is 37.8 Å². The van der Waals surface area contributed by atoms with Gasteiger partial charge in [-0.2, -0.15) is 0 Å². The fourth-order valence-electron chi connectivity index (χ4n) is 3.69. The van der Waals surface area contributed by atoms with Crippen LogP contribution in [0.15, 0.2) is 27.1 Å². The molecule has 0 radical (unpaired) electrons. The number of carbonyl (C=O) groups is 1. The Morgan fingerprint density at radius 1 is 1.19 bits per heavy atom. The highest BCUT2D eigenvalue weighted by Gasteiger charge is 2.37. The summed E-state index contributed by atoms with van der Waals surface area (Å²) in [6, 6.07) is 7.35. The molecule has 1 aromatic rings. The number of hydrogen-bond donors (Lipinski definition) is 1. The molecular weight excluding hydrogens is 396 g/mol. The number of hydrogen-bond acceptors (Lipinski definition) is 2. The summed E-state index contributed by atoms with van der Waals surface area (Å²) in [6.07, 6.45) is 4.70. The lowest BCUT2D eigenvalue weighted by atomic mass is 9.97. The standard InChI is InChI=1S/C16H20Br2N2O/c1-2-20(15-8-13-3-4-14(9-15)19-13)16(21)10-5-11(17)7-12(18)6-10/h5-7,13-15,19H,2-4,8-9H2,1H3. The largest absolute Gasteiger partial charge is 0.336 e. The lowest BCUT2D eigenvalue weighted by Gasteiger charge is -2.37. The van der Waals surface area contributed by atoms with Crippen molar-refractivity contribution in [2.45, 2.75) is 50.7 Å². The van der Waals surface area contributed by atoms with E-state index in [1.807, 2.05) is 18.2 Å². The topological polar surface area (TPSA) is 32.3 Å². The van der Waals surface area contributed by atoms with Crippen molar-refractivity contribution in [2.24, 2.45) is 0 Å². The molecule has 2 atom stereocenters. The first kappa shape index (κ1) is 15.5. The molecule has 5 heteroatoms. The molecule has 0 saturated carbocycles. The fraction of sp³-hybridized carbons (Fsp3) is 0.562. The molecule has 2 unspecified atom stereocenters. The summed E-state index contributed by atoms with van der Waals surface area (Å²) < 4.78 is 1.86. The number of carbonyl (C=O) groups excluding carboxylic acids is 1. The highest BCUT2D eigenvalue weighted by Crippen LogP contribution is 2.31. The van der Waals surface area contributed by atoms with E-state index in [-0.39, 0.29) is 5.91 Å². The molecule has 0 aliphatic carbocycles. The molecule has 1 N–H and O–H groups in total. The Hall–Kier alpha value is -0.390. The molecule has 21 heavy (non-hydrogen) atoms. The average molecular weight is 416 g/mol. The third kappa shape index (κ3) is 3.35. The van der Waals surface area contributed by atoms with Crippen molar-refractivity contribution < 1.29 is 4.79 Å². The van der Waals surface area contributed by atoms with Gasteiger partial charge in [-0.1, -0.05) is 31.9 Å². The summed E-state index contributed by atoms with van der Waals surface area (Å²) in [5.41, 5.74) is 0.754. The highest BCUT2D eigenvalue weighted by molar-refractivity contribution is 9.11. The van der Waals surface area contributed by atoms with Gasteiger partial charge in [0.1, 0.15) is 0 Å². The van der Waals surface area contributed by atoms with Crippen LogP contribution in [0, 0.1) is 0 Å². The quantitative estimate of drug-likeness (QED) is 0.810. The maximum atomic E-state index is 12.9. The molecule has 0 aromatic heterocycles. The number of nitrogens with one attached hydrogen (secondary N) is 1. The monoisotopic (exact) mass is 414 g/mol. The summed E-state index contributed by atoms with van der Waals surface area (Å²) in [4.78, 5) is 14.9. The van der Waals surface area contributed by atoms with Crippen molar-refractivity contribution in [1.82, 2.24) is 10.2 Å². The lowest BCUT2D eigenvalue weighted by molar-refractivity contribution is 0.0631. The van der Waals surface area contributed by atoms with Gasteiger partial charge in [0.05, 0.1) is 0 Å². The molecule has 0 spiro atoms. The Bertz CT molecular complexity index is 517. The third-order valence-corrected chi connectivity index (χ3v) is 5.52. The molecule has 1 aromatic carbocycles. The van der Waals surface area contributed by atoms with Gasteiger partial charge in [0.2, 0.25) is 0 Å². The maximum Gasteiger partial charge on any atom is 0.254 e. The van der Waals surface area contributed by atoms with Crippen LogP contribution in [0.5, 0.6) is 0 Å². The van der Waals surface area contributed by atoms with E-state index in [9.17, 15) is 4.79 Å². The molecule has 1 amide bonds.